The minimum absolute atomic E-state index is 0.294. The smallest absolute Gasteiger partial charge is 0.189 e. The fraction of sp³-hybridized carbons (Fsp3) is 0.167. The Bertz CT molecular complexity index is 511. The van der Waals surface area contributed by atoms with E-state index in [2.05, 4.69) is 16.3 Å². The molecule has 0 aliphatic heterocycles. The summed E-state index contributed by atoms with van der Waals surface area (Å²) in [7, 11) is 0. The topological polar surface area (TPSA) is 61.0 Å². The van der Waals surface area contributed by atoms with E-state index in [4.69, 9.17) is 10.5 Å². The zero-order chi connectivity index (χ0) is 11.5. The van der Waals surface area contributed by atoms with E-state index < -0.39 is 0 Å². The van der Waals surface area contributed by atoms with Crippen molar-refractivity contribution >= 4 is 5.82 Å². The SMILES string of the molecule is Cc1ccc(Oc2ccnnc2N)c(C)c1. The molecule has 0 spiro atoms. The quantitative estimate of drug-likeness (QED) is 0.835. The highest BCUT2D eigenvalue weighted by molar-refractivity contribution is 5.47. The minimum Gasteiger partial charge on any atom is -0.453 e. The summed E-state index contributed by atoms with van der Waals surface area (Å²) >= 11 is 0. The van der Waals surface area contributed by atoms with E-state index in [1.54, 1.807) is 12.3 Å². The van der Waals surface area contributed by atoms with E-state index in [0.717, 1.165) is 11.3 Å². The molecule has 0 saturated carbocycles. The molecule has 2 rings (SSSR count). The van der Waals surface area contributed by atoms with E-state index in [-0.39, 0.29) is 0 Å². The molecule has 0 radical (unpaired) electrons. The van der Waals surface area contributed by atoms with E-state index in [1.165, 1.54) is 5.56 Å². The standard InChI is InChI=1S/C12H13N3O/c1-8-3-4-10(9(2)7-8)16-11-5-6-14-15-12(11)13/h3-7H,1-2H3,(H2,13,15). The third-order valence-corrected chi connectivity index (χ3v) is 2.26. The molecule has 4 nitrogen and oxygen atoms in total. The summed E-state index contributed by atoms with van der Waals surface area (Å²) in [4.78, 5) is 0. The maximum atomic E-state index is 5.67. The first-order valence-electron chi connectivity index (χ1n) is 4.99. The van der Waals surface area contributed by atoms with Crippen LogP contribution < -0.4 is 10.5 Å². The zero-order valence-corrected chi connectivity index (χ0v) is 9.27. The molecule has 0 saturated heterocycles. The monoisotopic (exact) mass is 215 g/mol. The van der Waals surface area contributed by atoms with Gasteiger partial charge in [-0.15, -0.1) is 5.10 Å². The number of aryl methyl sites for hydroxylation is 2. The summed E-state index contributed by atoms with van der Waals surface area (Å²) in [6.07, 6.45) is 1.55. The highest BCUT2D eigenvalue weighted by Gasteiger charge is 2.05. The lowest BCUT2D eigenvalue weighted by Crippen LogP contribution is -1.97. The Hall–Kier alpha value is -2.10. The van der Waals surface area contributed by atoms with Gasteiger partial charge in [0.1, 0.15) is 5.75 Å². The van der Waals surface area contributed by atoms with Crippen molar-refractivity contribution in [2.24, 2.45) is 0 Å². The highest BCUT2D eigenvalue weighted by atomic mass is 16.5. The fourth-order valence-electron chi connectivity index (χ4n) is 1.45. The van der Waals surface area contributed by atoms with E-state index in [9.17, 15) is 0 Å². The van der Waals surface area contributed by atoms with Gasteiger partial charge in [0.05, 0.1) is 6.20 Å². The molecule has 2 aromatic rings. The van der Waals surface area contributed by atoms with Crippen molar-refractivity contribution < 1.29 is 4.74 Å². The number of nitrogens with zero attached hydrogens (tertiary/aromatic N) is 2. The molecule has 0 aliphatic carbocycles. The molecule has 0 bridgehead atoms. The number of benzene rings is 1. The third-order valence-electron chi connectivity index (χ3n) is 2.26. The van der Waals surface area contributed by atoms with Crippen LogP contribution in [-0.4, -0.2) is 10.2 Å². The molecule has 1 aromatic heterocycles. The van der Waals surface area contributed by atoms with Crippen LogP contribution in [0.2, 0.25) is 0 Å². The van der Waals surface area contributed by atoms with Crippen LogP contribution in [0.1, 0.15) is 11.1 Å². The number of rotatable bonds is 2. The zero-order valence-electron chi connectivity index (χ0n) is 9.27. The van der Waals surface area contributed by atoms with Gasteiger partial charge >= 0.3 is 0 Å². The van der Waals surface area contributed by atoms with Crippen LogP contribution in [0, 0.1) is 13.8 Å². The highest BCUT2D eigenvalue weighted by Crippen LogP contribution is 2.27. The van der Waals surface area contributed by atoms with Gasteiger partial charge in [-0.1, -0.05) is 17.7 Å². The first kappa shape index (κ1) is 10.4. The molecular formula is C12H13N3O. The first-order chi connectivity index (χ1) is 7.66. The Balaban J connectivity index is 2.31. The maximum absolute atomic E-state index is 5.67. The number of hydrogen-bond acceptors (Lipinski definition) is 4. The predicted octanol–water partition coefficient (Wildman–Crippen LogP) is 2.47. The molecule has 0 amide bonds. The van der Waals surface area contributed by atoms with Gasteiger partial charge in [-0.05, 0) is 25.5 Å². The Morgan fingerprint density at radius 3 is 2.62 bits per heavy atom. The lowest BCUT2D eigenvalue weighted by atomic mass is 10.1. The number of aromatic nitrogens is 2. The summed E-state index contributed by atoms with van der Waals surface area (Å²) in [5.74, 6) is 1.61. The molecule has 0 aliphatic rings. The number of nitrogen functional groups attached to an aromatic ring is 1. The maximum Gasteiger partial charge on any atom is 0.189 e. The average Bonchev–Trinajstić information content (AvgIpc) is 2.25. The molecule has 16 heavy (non-hydrogen) atoms. The van der Waals surface area contributed by atoms with Crippen molar-refractivity contribution in [2.75, 3.05) is 5.73 Å². The van der Waals surface area contributed by atoms with Gasteiger partial charge in [-0.25, -0.2) is 0 Å². The lowest BCUT2D eigenvalue weighted by Gasteiger charge is -2.09. The summed E-state index contributed by atoms with van der Waals surface area (Å²) in [5, 5.41) is 7.39. The van der Waals surface area contributed by atoms with Gasteiger partial charge in [0.2, 0.25) is 0 Å². The van der Waals surface area contributed by atoms with Crippen molar-refractivity contribution in [2.45, 2.75) is 13.8 Å². The van der Waals surface area contributed by atoms with Gasteiger partial charge in [-0.2, -0.15) is 5.10 Å². The van der Waals surface area contributed by atoms with Crippen LogP contribution in [0.5, 0.6) is 11.5 Å². The largest absolute Gasteiger partial charge is 0.453 e. The Kier molecular flexibility index (Phi) is 2.72. The number of hydrogen-bond donors (Lipinski definition) is 1. The van der Waals surface area contributed by atoms with Crippen molar-refractivity contribution in [1.82, 2.24) is 10.2 Å². The first-order valence-corrected chi connectivity index (χ1v) is 4.99. The average molecular weight is 215 g/mol. The van der Waals surface area contributed by atoms with E-state index in [1.807, 2.05) is 26.0 Å². The molecular weight excluding hydrogens is 202 g/mol. The number of anilines is 1. The molecule has 1 heterocycles. The van der Waals surface area contributed by atoms with E-state index in [0.29, 0.717) is 11.6 Å². The van der Waals surface area contributed by atoms with Crippen molar-refractivity contribution in [3.8, 4) is 11.5 Å². The fourth-order valence-corrected chi connectivity index (χ4v) is 1.45. The minimum atomic E-state index is 0.294. The van der Waals surface area contributed by atoms with Gasteiger partial charge < -0.3 is 10.5 Å². The van der Waals surface area contributed by atoms with E-state index >= 15 is 0 Å². The molecule has 0 unspecified atom stereocenters. The van der Waals surface area contributed by atoms with Crippen LogP contribution in [0.25, 0.3) is 0 Å². The van der Waals surface area contributed by atoms with Gasteiger partial charge in [0, 0.05) is 6.07 Å². The van der Waals surface area contributed by atoms with Crippen LogP contribution in [0.4, 0.5) is 5.82 Å². The van der Waals surface area contributed by atoms with Gasteiger partial charge in [-0.3, -0.25) is 0 Å². The van der Waals surface area contributed by atoms with Crippen molar-refractivity contribution in [3.05, 3.63) is 41.6 Å². The second-order valence-corrected chi connectivity index (χ2v) is 3.65. The second kappa shape index (κ2) is 4.18. The molecule has 82 valence electrons. The molecule has 4 heteroatoms. The van der Waals surface area contributed by atoms with Crippen LogP contribution in [0.15, 0.2) is 30.5 Å². The number of ether oxygens (including phenoxy) is 1. The van der Waals surface area contributed by atoms with Crippen molar-refractivity contribution in [1.29, 1.82) is 0 Å². The Morgan fingerprint density at radius 2 is 1.94 bits per heavy atom. The van der Waals surface area contributed by atoms with Crippen molar-refractivity contribution in [3.63, 3.8) is 0 Å². The lowest BCUT2D eigenvalue weighted by molar-refractivity contribution is 0.477. The predicted molar refractivity (Wildman–Crippen MR) is 62.4 cm³/mol. The van der Waals surface area contributed by atoms with Crippen LogP contribution in [0.3, 0.4) is 0 Å². The normalized spacial score (nSPS) is 10.1. The molecule has 0 atom stereocenters. The summed E-state index contributed by atoms with van der Waals surface area (Å²) < 4.78 is 5.67. The van der Waals surface area contributed by atoms with Crippen LogP contribution in [-0.2, 0) is 0 Å². The summed E-state index contributed by atoms with van der Waals surface area (Å²) in [5.41, 5.74) is 7.92. The molecule has 0 fully saturated rings. The van der Waals surface area contributed by atoms with Gasteiger partial charge in [0.25, 0.3) is 0 Å². The Morgan fingerprint density at radius 1 is 1.12 bits per heavy atom. The summed E-state index contributed by atoms with van der Waals surface area (Å²) in [6, 6.07) is 7.67. The molecule has 1 aromatic carbocycles. The third kappa shape index (κ3) is 2.11. The molecule has 2 N–H and O–H groups in total. The van der Waals surface area contributed by atoms with Crippen LogP contribution >= 0.6 is 0 Å². The number of nitrogens with two attached hydrogens (primary N) is 1. The Labute approximate surface area is 94.1 Å². The second-order valence-electron chi connectivity index (χ2n) is 3.65. The summed E-state index contributed by atoms with van der Waals surface area (Å²) in [6.45, 7) is 4.03. The van der Waals surface area contributed by atoms with Gasteiger partial charge in [0.15, 0.2) is 11.6 Å².